The fourth-order valence-electron chi connectivity index (χ4n) is 2.76. The van der Waals surface area contributed by atoms with E-state index in [2.05, 4.69) is 24.1 Å². The summed E-state index contributed by atoms with van der Waals surface area (Å²) in [6.07, 6.45) is 2.44. The second kappa shape index (κ2) is 6.58. The highest BCUT2D eigenvalue weighted by atomic mass is 35.5. The third kappa shape index (κ3) is 3.83. The maximum atomic E-state index is 13.8. The van der Waals surface area contributed by atoms with E-state index in [0.29, 0.717) is 16.6 Å². The number of likely N-dealkylation sites (tertiary alicyclic amines) is 1. The van der Waals surface area contributed by atoms with Gasteiger partial charge in [0.15, 0.2) is 0 Å². The molecule has 1 aliphatic rings. The van der Waals surface area contributed by atoms with Gasteiger partial charge in [0.2, 0.25) is 0 Å². The molecular weight excluding hydrogens is 263 g/mol. The number of hydrogen-bond acceptors (Lipinski definition) is 2. The van der Waals surface area contributed by atoms with Gasteiger partial charge in [-0.15, -0.1) is 0 Å². The highest BCUT2D eigenvalue weighted by Crippen LogP contribution is 2.24. The molecule has 1 aromatic rings. The van der Waals surface area contributed by atoms with Crippen LogP contribution in [0.5, 0.6) is 0 Å². The van der Waals surface area contributed by atoms with Gasteiger partial charge in [-0.3, -0.25) is 0 Å². The highest BCUT2D eigenvalue weighted by molar-refractivity contribution is 6.30. The summed E-state index contributed by atoms with van der Waals surface area (Å²) in [5.41, 5.74) is 0.547. The van der Waals surface area contributed by atoms with Crippen LogP contribution >= 0.6 is 11.6 Å². The molecule has 1 heterocycles. The van der Waals surface area contributed by atoms with E-state index in [4.69, 9.17) is 11.6 Å². The number of piperidine rings is 1. The molecule has 0 radical (unpaired) electrons. The molecule has 2 atom stereocenters. The average Bonchev–Trinajstić information content (AvgIpc) is 2.42. The van der Waals surface area contributed by atoms with Crippen molar-refractivity contribution in [3.8, 4) is 0 Å². The van der Waals surface area contributed by atoms with Crippen LogP contribution in [0.1, 0.15) is 26.7 Å². The van der Waals surface area contributed by atoms with Crippen LogP contribution in [0, 0.1) is 11.7 Å². The van der Waals surface area contributed by atoms with E-state index in [1.54, 1.807) is 12.1 Å². The van der Waals surface area contributed by atoms with Crippen molar-refractivity contribution in [3.63, 3.8) is 0 Å². The van der Waals surface area contributed by atoms with Crippen molar-refractivity contribution < 1.29 is 4.39 Å². The van der Waals surface area contributed by atoms with Gasteiger partial charge in [-0.1, -0.05) is 18.5 Å². The summed E-state index contributed by atoms with van der Waals surface area (Å²) in [7, 11) is 0. The molecular formula is C15H22ClFN2. The number of anilines is 1. The second-order valence-corrected chi connectivity index (χ2v) is 5.79. The molecule has 106 valence electrons. The number of hydrogen-bond donors (Lipinski definition) is 1. The lowest BCUT2D eigenvalue weighted by Gasteiger charge is -2.35. The Balaban J connectivity index is 1.98. The molecule has 19 heavy (non-hydrogen) atoms. The Kier molecular flexibility index (Phi) is 5.06. The molecule has 4 heteroatoms. The third-order valence-electron chi connectivity index (χ3n) is 4.01. The van der Waals surface area contributed by atoms with Gasteiger partial charge in [0.05, 0.1) is 5.69 Å². The predicted molar refractivity (Wildman–Crippen MR) is 79.3 cm³/mol. The van der Waals surface area contributed by atoms with E-state index >= 15 is 0 Å². The van der Waals surface area contributed by atoms with Crippen molar-refractivity contribution in [2.75, 3.05) is 25.0 Å². The number of rotatable bonds is 4. The van der Waals surface area contributed by atoms with Crippen molar-refractivity contribution >= 4 is 17.3 Å². The largest absolute Gasteiger partial charge is 0.380 e. The Morgan fingerprint density at radius 1 is 1.53 bits per heavy atom. The van der Waals surface area contributed by atoms with Crippen molar-refractivity contribution in [1.82, 2.24) is 4.90 Å². The molecule has 1 saturated heterocycles. The van der Waals surface area contributed by atoms with Gasteiger partial charge in [-0.05, 0) is 57.0 Å². The van der Waals surface area contributed by atoms with E-state index in [9.17, 15) is 4.39 Å². The zero-order valence-electron chi connectivity index (χ0n) is 11.6. The van der Waals surface area contributed by atoms with Crippen LogP contribution in [0.2, 0.25) is 5.02 Å². The predicted octanol–water partition coefficient (Wildman–Crippen LogP) is 4.01. The lowest BCUT2D eigenvalue weighted by atomic mass is 9.91. The molecule has 1 fully saturated rings. The van der Waals surface area contributed by atoms with Gasteiger partial charge in [0.25, 0.3) is 0 Å². The van der Waals surface area contributed by atoms with Crippen LogP contribution in [0.25, 0.3) is 0 Å². The maximum Gasteiger partial charge on any atom is 0.147 e. The van der Waals surface area contributed by atoms with Gasteiger partial charge in [0, 0.05) is 17.6 Å². The van der Waals surface area contributed by atoms with Crippen molar-refractivity contribution in [2.45, 2.75) is 32.7 Å². The zero-order chi connectivity index (χ0) is 13.8. The first-order valence-electron chi connectivity index (χ1n) is 7.04. The molecule has 1 aromatic carbocycles. The number of nitrogens with one attached hydrogen (secondary N) is 1. The molecule has 2 nitrogen and oxygen atoms in total. The van der Waals surface area contributed by atoms with Crippen LogP contribution in [0.4, 0.5) is 10.1 Å². The molecule has 2 unspecified atom stereocenters. The van der Waals surface area contributed by atoms with Crippen molar-refractivity contribution in [2.24, 2.45) is 5.92 Å². The summed E-state index contributed by atoms with van der Waals surface area (Å²) in [6.45, 7) is 7.71. The molecule has 2 rings (SSSR count). The van der Waals surface area contributed by atoms with Crippen molar-refractivity contribution in [3.05, 3.63) is 29.0 Å². The monoisotopic (exact) mass is 284 g/mol. The quantitative estimate of drug-likeness (QED) is 0.899. The second-order valence-electron chi connectivity index (χ2n) is 5.35. The van der Waals surface area contributed by atoms with Crippen LogP contribution in [-0.4, -0.2) is 30.6 Å². The number of halogens is 2. The Hall–Kier alpha value is -0.800. The normalized spacial score (nSPS) is 22.2. The van der Waals surface area contributed by atoms with E-state index in [-0.39, 0.29) is 11.9 Å². The molecule has 0 amide bonds. The van der Waals surface area contributed by atoms with Gasteiger partial charge in [-0.25, -0.2) is 4.39 Å². The summed E-state index contributed by atoms with van der Waals surface area (Å²) in [5, 5.41) is 3.73. The maximum absolute atomic E-state index is 13.8. The van der Waals surface area contributed by atoms with Crippen LogP contribution in [0.15, 0.2) is 18.2 Å². The minimum absolute atomic E-state index is 0.269. The summed E-state index contributed by atoms with van der Waals surface area (Å²) in [4.78, 5) is 2.46. The summed E-state index contributed by atoms with van der Waals surface area (Å²) < 4.78 is 13.8. The van der Waals surface area contributed by atoms with Gasteiger partial charge in [-0.2, -0.15) is 0 Å². The first kappa shape index (κ1) is 14.6. The van der Waals surface area contributed by atoms with E-state index in [1.807, 2.05) is 0 Å². The Bertz CT molecular complexity index is 425. The standard InChI is InChI=1S/C15H22ClFN2/c1-3-19-8-4-5-12(10-19)11(2)18-15-7-6-13(16)9-14(15)17/h6-7,9,11-12,18H,3-5,8,10H2,1-2H3. The Morgan fingerprint density at radius 2 is 2.32 bits per heavy atom. The minimum Gasteiger partial charge on any atom is -0.380 e. The SMILES string of the molecule is CCN1CCCC(C(C)Nc2ccc(Cl)cc2F)C1. The highest BCUT2D eigenvalue weighted by Gasteiger charge is 2.24. The summed E-state index contributed by atoms with van der Waals surface area (Å²) >= 11 is 5.77. The molecule has 0 spiro atoms. The number of nitrogens with zero attached hydrogens (tertiary/aromatic N) is 1. The topological polar surface area (TPSA) is 15.3 Å². The van der Waals surface area contributed by atoms with Crippen molar-refractivity contribution in [1.29, 1.82) is 0 Å². The van der Waals surface area contributed by atoms with Crippen LogP contribution < -0.4 is 5.32 Å². The zero-order valence-corrected chi connectivity index (χ0v) is 12.4. The third-order valence-corrected chi connectivity index (χ3v) is 4.25. The fourth-order valence-corrected chi connectivity index (χ4v) is 2.92. The van der Waals surface area contributed by atoms with Crippen LogP contribution in [0.3, 0.4) is 0 Å². The molecule has 1 aliphatic heterocycles. The lowest BCUT2D eigenvalue weighted by molar-refractivity contribution is 0.172. The van der Waals surface area contributed by atoms with Crippen LogP contribution in [-0.2, 0) is 0 Å². The Labute approximate surface area is 119 Å². The number of benzene rings is 1. The molecule has 1 N–H and O–H groups in total. The summed E-state index contributed by atoms with van der Waals surface area (Å²) in [6, 6.07) is 5.06. The lowest BCUT2D eigenvalue weighted by Crippen LogP contribution is -2.41. The first-order valence-corrected chi connectivity index (χ1v) is 7.42. The molecule has 0 aromatic heterocycles. The average molecular weight is 285 g/mol. The van der Waals surface area contributed by atoms with E-state index < -0.39 is 0 Å². The van der Waals surface area contributed by atoms with Gasteiger partial charge >= 0.3 is 0 Å². The van der Waals surface area contributed by atoms with Gasteiger partial charge in [0.1, 0.15) is 5.82 Å². The van der Waals surface area contributed by atoms with Gasteiger partial charge < -0.3 is 10.2 Å². The molecule has 0 aliphatic carbocycles. The summed E-state index contributed by atoms with van der Waals surface area (Å²) in [5.74, 6) is 0.297. The first-order chi connectivity index (χ1) is 9.10. The van der Waals surface area contributed by atoms with E-state index in [0.717, 1.165) is 13.1 Å². The van der Waals surface area contributed by atoms with E-state index in [1.165, 1.54) is 25.5 Å². The minimum atomic E-state index is -0.275. The molecule has 0 bridgehead atoms. The smallest absolute Gasteiger partial charge is 0.147 e. The molecule has 0 saturated carbocycles. The Morgan fingerprint density at radius 3 is 3.00 bits per heavy atom. The fraction of sp³-hybridized carbons (Fsp3) is 0.600.